The zero-order valence-electron chi connectivity index (χ0n) is 16.8. The second-order valence-corrected chi connectivity index (χ2v) is 11.6. The average Bonchev–Trinajstić information content (AvgIpc) is 3.14. The van der Waals surface area contributed by atoms with Gasteiger partial charge in [0.1, 0.15) is 0 Å². The molecule has 0 unspecified atom stereocenters. The van der Waals surface area contributed by atoms with Crippen molar-refractivity contribution in [3.05, 3.63) is 64.2 Å². The third kappa shape index (κ3) is 4.82. The van der Waals surface area contributed by atoms with Crippen LogP contribution >= 0.6 is 23.4 Å². The fraction of sp³-hybridized carbons (Fsp3) is 0.333. The van der Waals surface area contributed by atoms with E-state index < -0.39 is 43.8 Å². The molecule has 1 amide bonds. The summed E-state index contributed by atoms with van der Waals surface area (Å²) in [6.07, 6.45) is -4.65. The Labute approximate surface area is 192 Å². The van der Waals surface area contributed by atoms with E-state index >= 15 is 0 Å². The maximum absolute atomic E-state index is 13.4. The Morgan fingerprint density at radius 1 is 1.19 bits per heavy atom. The van der Waals surface area contributed by atoms with Gasteiger partial charge < -0.3 is 4.90 Å². The van der Waals surface area contributed by atoms with Gasteiger partial charge >= 0.3 is 6.18 Å². The third-order valence-corrected chi connectivity index (χ3v) is 8.84. The number of hydrogen-bond acceptors (Lipinski definition) is 4. The minimum Gasteiger partial charge on any atom is -0.316 e. The third-order valence-electron chi connectivity index (χ3n) is 5.30. The number of amides is 1. The van der Waals surface area contributed by atoms with Gasteiger partial charge in [-0.05, 0) is 30.7 Å². The van der Waals surface area contributed by atoms with Crippen LogP contribution in [0.4, 0.5) is 18.9 Å². The van der Waals surface area contributed by atoms with Crippen LogP contribution in [0.25, 0.3) is 0 Å². The standard InChI is InChI=1S/C21H18ClF3N2O3S2/c1-12-2-4-13(5-3-12)8-19(28)26-20-27(17-10-32(29,30)11-18(17)31-20)14-6-7-16(22)15(9-14)21(23,24)25/h2-7,9,17-18H,8,10-11H2,1H3/t17-,18-/m0/s1. The van der Waals surface area contributed by atoms with Crippen LogP contribution in [0.1, 0.15) is 16.7 Å². The number of rotatable bonds is 3. The van der Waals surface area contributed by atoms with Crippen molar-refractivity contribution in [2.45, 2.75) is 30.8 Å². The Morgan fingerprint density at radius 3 is 2.53 bits per heavy atom. The zero-order valence-corrected chi connectivity index (χ0v) is 19.2. The number of sulfone groups is 1. The lowest BCUT2D eigenvalue weighted by Crippen LogP contribution is -2.38. The van der Waals surface area contributed by atoms with Crippen molar-refractivity contribution in [2.24, 2.45) is 4.99 Å². The zero-order chi connectivity index (χ0) is 23.3. The molecule has 2 fully saturated rings. The van der Waals surface area contributed by atoms with E-state index in [1.54, 1.807) is 0 Å². The van der Waals surface area contributed by atoms with Crippen LogP contribution in [0.3, 0.4) is 0 Å². The predicted molar refractivity (Wildman–Crippen MR) is 120 cm³/mol. The summed E-state index contributed by atoms with van der Waals surface area (Å²) in [5, 5.41) is -0.684. The largest absolute Gasteiger partial charge is 0.417 e. The second kappa shape index (κ2) is 8.39. The maximum Gasteiger partial charge on any atom is 0.417 e. The number of aliphatic imine (C=N–C) groups is 1. The highest BCUT2D eigenvalue weighted by atomic mass is 35.5. The normalized spacial score (nSPS) is 23.5. The number of aryl methyl sites for hydroxylation is 1. The van der Waals surface area contributed by atoms with Crippen molar-refractivity contribution in [1.82, 2.24) is 0 Å². The van der Waals surface area contributed by atoms with E-state index in [1.165, 1.54) is 11.0 Å². The Kier molecular flexibility index (Phi) is 6.06. The van der Waals surface area contributed by atoms with Crippen molar-refractivity contribution < 1.29 is 26.4 Å². The summed E-state index contributed by atoms with van der Waals surface area (Å²) in [7, 11) is -3.35. The Hall–Kier alpha value is -2.04. The molecule has 0 radical (unpaired) electrons. The molecule has 2 atom stereocenters. The number of alkyl halides is 3. The minimum absolute atomic E-state index is 0.0280. The van der Waals surface area contributed by atoms with Gasteiger partial charge in [-0.25, -0.2) is 8.42 Å². The van der Waals surface area contributed by atoms with Crippen LogP contribution in [-0.4, -0.2) is 42.3 Å². The van der Waals surface area contributed by atoms with Crippen LogP contribution in [0, 0.1) is 6.92 Å². The summed E-state index contributed by atoms with van der Waals surface area (Å²) in [4.78, 5) is 18.2. The fourth-order valence-electron chi connectivity index (χ4n) is 3.77. The first-order valence-corrected chi connectivity index (χ1v) is 12.7. The van der Waals surface area contributed by atoms with Gasteiger partial charge in [0.05, 0.1) is 34.6 Å². The molecule has 11 heteroatoms. The van der Waals surface area contributed by atoms with Crippen LogP contribution in [-0.2, 0) is 27.2 Å². The average molecular weight is 503 g/mol. The van der Waals surface area contributed by atoms with E-state index in [0.717, 1.165) is 35.0 Å². The number of carbonyl (C=O) groups excluding carboxylic acids is 1. The topological polar surface area (TPSA) is 66.8 Å². The van der Waals surface area contributed by atoms with Crippen molar-refractivity contribution in [3.8, 4) is 0 Å². The van der Waals surface area contributed by atoms with Crippen molar-refractivity contribution in [1.29, 1.82) is 0 Å². The monoisotopic (exact) mass is 502 g/mol. The van der Waals surface area contributed by atoms with Gasteiger partial charge in [-0.15, -0.1) is 0 Å². The number of thioether (sulfide) groups is 1. The number of carbonyl (C=O) groups is 1. The molecule has 0 N–H and O–H groups in total. The van der Waals surface area contributed by atoms with Crippen molar-refractivity contribution >= 4 is 50.0 Å². The summed E-state index contributed by atoms with van der Waals surface area (Å²) in [5.41, 5.74) is 0.868. The van der Waals surface area contributed by atoms with Gasteiger partial charge in [-0.1, -0.05) is 53.2 Å². The van der Waals surface area contributed by atoms with Crippen molar-refractivity contribution in [2.75, 3.05) is 16.4 Å². The Balaban J connectivity index is 1.70. The van der Waals surface area contributed by atoms with Crippen LogP contribution in [0.15, 0.2) is 47.5 Å². The molecule has 0 aliphatic carbocycles. The van der Waals surface area contributed by atoms with Gasteiger partial charge in [-0.3, -0.25) is 4.79 Å². The lowest BCUT2D eigenvalue weighted by molar-refractivity contribution is -0.137. The summed E-state index contributed by atoms with van der Waals surface area (Å²) in [5.74, 6) is -0.807. The van der Waals surface area contributed by atoms with Crippen LogP contribution < -0.4 is 4.90 Å². The molecule has 170 valence electrons. The number of nitrogens with zero attached hydrogens (tertiary/aromatic N) is 2. The summed E-state index contributed by atoms with van der Waals surface area (Å²) >= 11 is 6.85. The van der Waals surface area contributed by atoms with E-state index in [2.05, 4.69) is 4.99 Å². The van der Waals surface area contributed by atoms with E-state index in [4.69, 9.17) is 11.6 Å². The van der Waals surface area contributed by atoms with Gasteiger partial charge in [0.15, 0.2) is 15.0 Å². The Bertz CT molecular complexity index is 1200. The molecule has 2 heterocycles. The highest BCUT2D eigenvalue weighted by Crippen LogP contribution is 2.43. The van der Waals surface area contributed by atoms with E-state index in [9.17, 15) is 26.4 Å². The predicted octanol–water partition coefficient (Wildman–Crippen LogP) is 4.51. The maximum atomic E-state index is 13.4. The molecule has 4 rings (SSSR count). The molecular formula is C21H18ClF3N2O3S2. The highest BCUT2D eigenvalue weighted by Gasteiger charge is 2.49. The lowest BCUT2D eigenvalue weighted by Gasteiger charge is -2.25. The summed E-state index contributed by atoms with van der Waals surface area (Å²) in [6, 6.07) is 10.1. The van der Waals surface area contributed by atoms with Gasteiger partial charge in [0.25, 0.3) is 5.91 Å². The minimum atomic E-state index is -4.68. The number of fused-ring (bicyclic) bond motifs is 1. The Morgan fingerprint density at radius 2 is 1.88 bits per heavy atom. The molecule has 0 saturated carbocycles. The number of amidine groups is 1. The molecule has 0 spiro atoms. The highest BCUT2D eigenvalue weighted by molar-refractivity contribution is 8.16. The second-order valence-electron chi connectivity index (χ2n) is 7.78. The van der Waals surface area contributed by atoms with E-state index in [1.807, 2.05) is 31.2 Å². The molecule has 2 aromatic rings. The number of benzene rings is 2. The van der Waals surface area contributed by atoms with Gasteiger partial charge in [-0.2, -0.15) is 18.2 Å². The van der Waals surface area contributed by atoms with Crippen LogP contribution in [0.2, 0.25) is 5.02 Å². The fourth-order valence-corrected chi connectivity index (χ4v) is 7.93. The number of hydrogen-bond donors (Lipinski definition) is 0. The summed E-state index contributed by atoms with van der Waals surface area (Å²) < 4.78 is 64.5. The first-order valence-electron chi connectivity index (χ1n) is 9.63. The van der Waals surface area contributed by atoms with Crippen molar-refractivity contribution in [3.63, 3.8) is 0 Å². The first kappa shape index (κ1) is 23.1. The van der Waals surface area contributed by atoms with Gasteiger partial charge in [0, 0.05) is 10.9 Å². The van der Waals surface area contributed by atoms with Gasteiger partial charge in [0.2, 0.25) is 0 Å². The molecule has 2 aliphatic rings. The molecule has 0 bridgehead atoms. The van der Waals surface area contributed by atoms with E-state index in [-0.39, 0.29) is 28.8 Å². The molecule has 2 aliphatic heterocycles. The van der Waals surface area contributed by atoms with E-state index in [0.29, 0.717) is 0 Å². The number of anilines is 1. The molecule has 2 aromatic carbocycles. The lowest BCUT2D eigenvalue weighted by atomic mass is 10.1. The quantitative estimate of drug-likeness (QED) is 0.617. The molecule has 2 saturated heterocycles. The first-order chi connectivity index (χ1) is 14.9. The number of halogens is 4. The smallest absolute Gasteiger partial charge is 0.316 e. The molecular weight excluding hydrogens is 485 g/mol. The molecule has 32 heavy (non-hydrogen) atoms. The van der Waals surface area contributed by atoms with Crippen LogP contribution in [0.5, 0.6) is 0 Å². The molecule has 5 nitrogen and oxygen atoms in total. The molecule has 0 aromatic heterocycles. The summed E-state index contributed by atoms with van der Waals surface area (Å²) in [6.45, 7) is 1.92. The SMILES string of the molecule is Cc1ccc(CC(=O)N=C2S[C@H]3CS(=O)(=O)C[C@@H]3N2c2ccc(Cl)c(C(F)(F)F)c2)cc1.